The topological polar surface area (TPSA) is 91.6 Å². The van der Waals surface area contributed by atoms with Crippen LogP contribution in [0, 0.1) is 0 Å². The summed E-state index contributed by atoms with van der Waals surface area (Å²) < 4.78 is 0. The standard InChI is InChI=1S/C17H25N5O2/c1-13(23)22-10-7-17(18,12-22)16(24)20-14-5-6-15(19-11-14)21-8-3-2-4-9-21/h5-6,11H,2-4,7-10,12,18H2,1H3,(H,20,24). The summed E-state index contributed by atoms with van der Waals surface area (Å²) in [7, 11) is 0. The number of nitrogens with zero attached hydrogens (tertiary/aromatic N) is 3. The van der Waals surface area contributed by atoms with Gasteiger partial charge in [0.2, 0.25) is 11.8 Å². The molecule has 1 atom stereocenters. The molecule has 0 saturated carbocycles. The van der Waals surface area contributed by atoms with Gasteiger partial charge < -0.3 is 20.9 Å². The smallest absolute Gasteiger partial charge is 0.246 e. The van der Waals surface area contributed by atoms with Crippen LogP contribution in [0.3, 0.4) is 0 Å². The van der Waals surface area contributed by atoms with E-state index < -0.39 is 5.54 Å². The van der Waals surface area contributed by atoms with E-state index in [1.807, 2.05) is 12.1 Å². The third kappa shape index (κ3) is 3.51. The fraction of sp³-hybridized carbons (Fsp3) is 0.588. The highest BCUT2D eigenvalue weighted by Gasteiger charge is 2.42. The molecule has 0 aromatic carbocycles. The van der Waals surface area contributed by atoms with Crippen molar-refractivity contribution in [2.45, 2.75) is 38.1 Å². The summed E-state index contributed by atoms with van der Waals surface area (Å²) in [4.78, 5) is 32.2. The Labute approximate surface area is 142 Å². The highest BCUT2D eigenvalue weighted by atomic mass is 16.2. The summed E-state index contributed by atoms with van der Waals surface area (Å²) in [6.45, 7) is 4.34. The highest BCUT2D eigenvalue weighted by Crippen LogP contribution is 2.22. The van der Waals surface area contributed by atoms with E-state index in [2.05, 4.69) is 15.2 Å². The first-order chi connectivity index (χ1) is 11.5. The molecule has 3 rings (SSSR count). The molecule has 0 radical (unpaired) electrons. The van der Waals surface area contributed by atoms with Crippen molar-refractivity contribution < 1.29 is 9.59 Å². The monoisotopic (exact) mass is 331 g/mol. The predicted molar refractivity (Wildman–Crippen MR) is 92.7 cm³/mol. The van der Waals surface area contributed by atoms with Gasteiger partial charge in [-0.3, -0.25) is 9.59 Å². The van der Waals surface area contributed by atoms with E-state index in [9.17, 15) is 9.59 Å². The number of hydrogen-bond acceptors (Lipinski definition) is 5. The maximum atomic E-state index is 12.5. The molecule has 3 heterocycles. The predicted octanol–water partition coefficient (Wildman–Crippen LogP) is 0.960. The highest BCUT2D eigenvalue weighted by molar-refractivity contribution is 5.99. The zero-order valence-electron chi connectivity index (χ0n) is 14.1. The number of piperidine rings is 1. The normalized spacial score (nSPS) is 24.1. The van der Waals surface area contributed by atoms with Gasteiger partial charge in [-0.05, 0) is 37.8 Å². The van der Waals surface area contributed by atoms with Gasteiger partial charge in [-0.15, -0.1) is 0 Å². The number of aromatic nitrogens is 1. The van der Waals surface area contributed by atoms with Gasteiger partial charge in [0.25, 0.3) is 0 Å². The van der Waals surface area contributed by atoms with E-state index in [0.717, 1.165) is 18.9 Å². The van der Waals surface area contributed by atoms with E-state index >= 15 is 0 Å². The van der Waals surface area contributed by atoms with Gasteiger partial charge in [0.1, 0.15) is 11.4 Å². The molecule has 7 heteroatoms. The lowest BCUT2D eigenvalue weighted by atomic mass is 9.99. The maximum Gasteiger partial charge on any atom is 0.246 e. The fourth-order valence-electron chi connectivity index (χ4n) is 3.31. The number of hydrogen-bond donors (Lipinski definition) is 2. The zero-order chi connectivity index (χ0) is 17.2. The summed E-state index contributed by atoms with van der Waals surface area (Å²) in [6, 6.07) is 3.79. The Hall–Kier alpha value is -2.15. The SMILES string of the molecule is CC(=O)N1CCC(N)(C(=O)Nc2ccc(N3CCCCC3)nc2)C1. The molecule has 1 unspecified atom stereocenters. The summed E-state index contributed by atoms with van der Waals surface area (Å²) in [5, 5.41) is 2.83. The van der Waals surface area contributed by atoms with Gasteiger partial charge >= 0.3 is 0 Å². The first-order valence-electron chi connectivity index (χ1n) is 8.55. The van der Waals surface area contributed by atoms with Crippen LogP contribution in [0.25, 0.3) is 0 Å². The van der Waals surface area contributed by atoms with Crippen LogP contribution in [0.1, 0.15) is 32.6 Å². The van der Waals surface area contributed by atoms with Crippen molar-refractivity contribution in [3.8, 4) is 0 Å². The Bertz CT molecular complexity index is 612. The molecular formula is C17H25N5O2. The van der Waals surface area contributed by atoms with E-state index in [1.165, 1.54) is 26.2 Å². The Kier molecular flexibility index (Phi) is 4.71. The largest absolute Gasteiger partial charge is 0.357 e. The van der Waals surface area contributed by atoms with Crippen LogP contribution in [0.2, 0.25) is 0 Å². The number of amides is 2. The third-order valence-electron chi connectivity index (χ3n) is 4.88. The lowest BCUT2D eigenvalue weighted by Gasteiger charge is -2.28. The molecular weight excluding hydrogens is 306 g/mol. The lowest BCUT2D eigenvalue weighted by molar-refractivity contribution is -0.128. The molecule has 1 aromatic rings. The fourth-order valence-corrected chi connectivity index (χ4v) is 3.31. The Morgan fingerprint density at radius 3 is 2.54 bits per heavy atom. The summed E-state index contributed by atoms with van der Waals surface area (Å²) >= 11 is 0. The average Bonchev–Trinajstić information content (AvgIpc) is 3.00. The van der Waals surface area contributed by atoms with Gasteiger partial charge in [-0.1, -0.05) is 0 Å². The quantitative estimate of drug-likeness (QED) is 0.861. The van der Waals surface area contributed by atoms with Gasteiger partial charge in [0, 0.05) is 33.1 Å². The van der Waals surface area contributed by atoms with Crippen molar-refractivity contribution in [1.29, 1.82) is 0 Å². The second-order valence-electron chi connectivity index (χ2n) is 6.75. The van der Waals surface area contributed by atoms with Gasteiger partial charge in [0.15, 0.2) is 0 Å². The van der Waals surface area contributed by atoms with Gasteiger partial charge in [-0.25, -0.2) is 4.98 Å². The molecule has 0 spiro atoms. The molecule has 2 saturated heterocycles. The Balaban J connectivity index is 1.61. The van der Waals surface area contributed by atoms with E-state index in [-0.39, 0.29) is 18.4 Å². The molecule has 3 N–H and O–H groups in total. The van der Waals surface area contributed by atoms with Crippen molar-refractivity contribution in [2.75, 3.05) is 36.4 Å². The second-order valence-corrected chi connectivity index (χ2v) is 6.75. The van der Waals surface area contributed by atoms with Crippen LogP contribution in [-0.2, 0) is 9.59 Å². The molecule has 1 aromatic heterocycles. The van der Waals surface area contributed by atoms with Gasteiger partial charge in [-0.2, -0.15) is 0 Å². The van der Waals surface area contributed by atoms with Crippen LogP contribution < -0.4 is 16.0 Å². The first-order valence-corrected chi connectivity index (χ1v) is 8.55. The molecule has 2 aliphatic rings. The number of nitrogens with one attached hydrogen (secondary N) is 1. The minimum absolute atomic E-state index is 0.0531. The number of carbonyl (C=O) groups is 2. The number of anilines is 2. The molecule has 7 nitrogen and oxygen atoms in total. The number of likely N-dealkylation sites (tertiary alicyclic amines) is 1. The molecule has 2 fully saturated rings. The molecule has 130 valence electrons. The third-order valence-corrected chi connectivity index (χ3v) is 4.88. The van der Waals surface area contributed by atoms with Crippen molar-refractivity contribution in [2.24, 2.45) is 5.73 Å². The van der Waals surface area contributed by atoms with Gasteiger partial charge in [0.05, 0.1) is 11.9 Å². The number of rotatable bonds is 3. The van der Waals surface area contributed by atoms with Crippen molar-refractivity contribution in [3.05, 3.63) is 18.3 Å². The number of pyridine rings is 1. The molecule has 0 bridgehead atoms. The van der Waals surface area contributed by atoms with Crippen LogP contribution in [0.4, 0.5) is 11.5 Å². The van der Waals surface area contributed by atoms with E-state index in [0.29, 0.717) is 18.7 Å². The summed E-state index contributed by atoms with van der Waals surface area (Å²) in [5.74, 6) is 0.625. The molecule has 2 amide bonds. The van der Waals surface area contributed by atoms with E-state index in [1.54, 1.807) is 11.1 Å². The maximum absolute atomic E-state index is 12.5. The van der Waals surface area contributed by atoms with Crippen LogP contribution in [0.5, 0.6) is 0 Å². The average molecular weight is 331 g/mol. The molecule has 2 aliphatic heterocycles. The number of nitrogens with two attached hydrogens (primary N) is 1. The first kappa shape index (κ1) is 16.7. The Morgan fingerprint density at radius 2 is 1.96 bits per heavy atom. The van der Waals surface area contributed by atoms with E-state index in [4.69, 9.17) is 5.73 Å². The minimum atomic E-state index is -1.03. The van der Waals surface area contributed by atoms with Crippen molar-refractivity contribution >= 4 is 23.3 Å². The molecule has 24 heavy (non-hydrogen) atoms. The van der Waals surface area contributed by atoms with Crippen LogP contribution in [0.15, 0.2) is 18.3 Å². The molecule has 0 aliphatic carbocycles. The van der Waals surface area contributed by atoms with Crippen LogP contribution >= 0.6 is 0 Å². The Morgan fingerprint density at radius 1 is 1.21 bits per heavy atom. The zero-order valence-corrected chi connectivity index (χ0v) is 14.1. The van der Waals surface area contributed by atoms with Crippen molar-refractivity contribution in [1.82, 2.24) is 9.88 Å². The summed E-state index contributed by atoms with van der Waals surface area (Å²) in [6.07, 6.45) is 5.81. The second kappa shape index (κ2) is 6.76. The van der Waals surface area contributed by atoms with Crippen LogP contribution in [-0.4, -0.2) is 53.4 Å². The minimum Gasteiger partial charge on any atom is -0.357 e. The number of carbonyl (C=O) groups excluding carboxylic acids is 2. The summed E-state index contributed by atoms with van der Waals surface area (Å²) in [5.41, 5.74) is 5.79. The lowest BCUT2D eigenvalue weighted by Crippen LogP contribution is -2.53. The van der Waals surface area contributed by atoms with Crippen molar-refractivity contribution in [3.63, 3.8) is 0 Å².